The molecular formula is C12H21N3O2S. The highest BCUT2D eigenvalue weighted by atomic mass is 32.2. The van der Waals surface area contributed by atoms with E-state index < -0.39 is 10.2 Å². The second-order valence-electron chi connectivity index (χ2n) is 4.05. The maximum Gasteiger partial charge on any atom is 0.279 e. The number of nitrogens with zero attached hydrogens (tertiary/aromatic N) is 2. The summed E-state index contributed by atoms with van der Waals surface area (Å²) in [6, 6.07) is 5.44. The number of rotatable bonds is 8. The summed E-state index contributed by atoms with van der Waals surface area (Å²) >= 11 is 0. The van der Waals surface area contributed by atoms with Crippen LogP contribution in [0.25, 0.3) is 0 Å². The molecule has 0 atom stereocenters. The van der Waals surface area contributed by atoms with Crippen molar-refractivity contribution in [2.75, 3.05) is 13.1 Å². The summed E-state index contributed by atoms with van der Waals surface area (Å²) in [6.45, 7) is 5.26. The summed E-state index contributed by atoms with van der Waals surface area (Å²) in [5.41, 5.74) is 0.717. The van der Waals surface area contributed by atoms with Crippen LogP contribution in [-0.4, -0.2) is 30.8 Å². The van der Waals surface area contributed by atoms with Crippen LogP contribution >= 0.6 is 0 Å². The van der Waals surface area contributed by atoms with Crippen LogP contribution in [-0.2, 0) is 16.8 Å². The summed E-state index contributed by atoms with van der Waals surface area (Å²) in [5.74, 6) is 0. The molecule has 1 aromatic rings. The maximum atomic E-state index is 12.1. The molecule has 1 rings (SSSR count). The number of aromatic nitrogens is 1. The zero-order chi connectivity index (χ0) is 13.4. The standard InChI is InChI=1S/C12H21N3O2S/c1-3-9-15(10-4-2)18(16,17)14-11-12-7-5-6-8-13-12/h5-8,14H,3-4,9-11H2,1-2H3. The van der Waals surface area contributed by atoms with Gasteiger partial charge in [0, 0.05) is 19.3 Å². The van der Waals surface area contributed by atoms with Crippen molar-refractivity contribution in [3.63, 3.8) is 0 Å². The third kappa shape index (κ3) is 4.72. The third-order valence-electron chi connectivity index (χ3n) is 2.45. The number of hydrogen-bond donors (Lipinski definition) is 1. The number of hydrogen-bond acceptors (Lipinski definition) is 3. The van der Waals surface area contributed by atoms with E-state index in [0.29, 0.717) is 18.8 Å². The first kappa shape index (κ1) is 15.1. The summed E-state index contributed by atoms with van der Waals surface area (Å²) < 4.78 is 28.2. The molecule has 0 bridgehead atoms. The highest BCUT2D eigenvalue weighted by Crippen LogP contribution is 2.03. The zero-order valence-corrected chi connectivity index (χ0v) is 11.8. The van der Waals surface area contributed by atoms with Gasteiger partial charge in [0.15, 0.2) is 0 Å². The first-order valence-corrected chi connectivity index (χ1v) is 7.68. The van der Waals surface area contributed by atoms with Crippen molar-refractivity contribution in [3.05, 3.63) is 30.1 Å². The van der Waals surface area contributed by atoms with E-state index in [1.807, 2.05) is 19.9 Å². The van der Waals surface area contributed by atoms with Gasteiger partial charge in [-0.2, -0.15) is 17.4 Å². The Morgan fingerprint density at radius 2 is 1.89 bits per heavy atom. The fourth-order valence-corrected chi connectivity index (χ4v) is 2.97. The van der Waals surface area contributed by atoms with Crippen LogP contribution in [0.5, 0.6) is 0 Å². The second-order valence-corrected chi connectivity index (χ2v) is 5.80. The average Bonchev–Trinajstić information content (AvgIpc) is 2.37. The molecule has 0 spiro atoms. The van der Waals surface area contributed by atoms with Gasteiger partial charge in [0.05, 0.1) is 12.2 Å². The Morgan fingerprint density at radius 3 is 2.39 bits per heavy atom. The maximum absolute atomic E-state index is 12.1. The quantitative estimate of drug-likeness (QED) is 0.780. The van der Waals surface area contributed by atoms with E-state index in [4.69, 9.17) is 0 Å². The van der Waals surface area contributed by atoms with Gasteiger partial charge in [0.25, 0.3) is 10.2 Å². The van der Waals surface area contributed by atoms with Crippen LogP contribution in [0.2, 0.25) is 0 Å². The van der Waals surface area contributed by atoms with Gasteiger partial charge in [-0.3, -0.25) is 4.98 Å². The van der Waals surface area contributed by atoms with Gasteiger partial charge in [-0.05, 0) is 25.0 Å². The predicted molar refractivity (Wildman–Crippen MR) is 72.2 cm³/mol. The Kier molecular flexibility index (Phi) is 6.24. The van der Waals surface area contributed by atoms with Gasteiger partial charge in [-0.15, -0.1) is 0 Å². The molecule has 0 saturated heterocycles. The Hall–Kier alpha value is -0.980. The normalized spacial score (nSPS) is 11.9. The van der Waals surface area contributed by atoms with Crippen LogP contribution in [0.4, 0.5) is 0 Å². The molecular weight excluding hydrogens is 250 g/mol. The second kappa shape index (κ2) is 7.45. The largest absolute Gasteiger partial charge is 0.279 e. The minimum Gasteiger partial charge on any atom is -0.260 e. The van der Waals surface area contributed by atoms with Crippen LogP contribution < -0.4 is 4.72 Å². The van der Waals surface area contributed by atoms with E-state index in [0.717, 1.165) is 12.8 Å². The number of pyridine rings is 1. The van der Waals surface area contributed by atoms with Gasteiger partial charge < -0.3 is 0 Å². The molecule has 1 aromatic heterocycles. The summed E-state index contributed by atoms with van der Waals surface area (Å²) in [4.78, 5) is 4.09. The summed E-state index contributed by atoms with van der Waals surface area (Å²) in [6.07, 6.45) is 3.27. The predicted octanol–water partition coefficient (Wildman–Crippen LogP) is 1.54. The van der Waals surface area contributed by atoms with Crippen molar-refractivity contribution in [2.24, 2.45) is 0 Å². The minimum atomic E-state index is -3.40. The van der Waals surface area contributed by atoms with E-state index in [2.05, 4.69) is 9.71 Å². The smallest absolute Gasteiger partial charge is 0.260 e. The Bertz CT molecular complexity index is 428. The molecule has 1 heterocycles. The SMILES string of the molecule is CCCN(CCC)S(=O)(=O)NCc1ccccn1. The van der Waals surface area contributed by atoms with Crippen molar-refractivity contribution in [1.82, 2.24) is 14.0 Å². The topological polar surface area (TPSA) is 62.3 Å². The lowest BCUT2D eigenvalue weighted by Gasteiger charge is -2.21. The van der Waals surface area contributed by atoms with E-state index in [-0.39, 0.29) is 6.54 Å². The molecule has 0 radical (unpaired) electrons. The molecule has 0 aliphatic carbocycles. The minimum absolute atomic E-state index is 0.229. The molecule has 18 heavy (non-hydrogen) atoms. The average molecular weight is 271 g/mol. The highest BCUT2D eigenvalue weighted by molar-refractivity contribution is 7.87. The van der Waals surface area contributed by atoms with Gasteiger partial charge in [-0.1, -0.05) is 19.9 Å². The van der Waals surface area contributed by atoms with Crippen molar-refractivity contribution < 1.29 is 8.42 Å². The van der Waals surface area contributed by atoms with Gasteiger partial charge in [-0.25, -0.2) is 0 Å². The van der Waals surface area contributed by atoms with Crippen molar-refractivity contribution in [2.45, 2.75) is 33.2 Å². The van der Waals surface area contributed by atoms with Gasteiger partial charge >= 0.3 is 0 Å². The molecule has 1 N–H and O–H groups in total. The van der Waals surface area contributed by atoms with E-state index in [1.54, 1.807) is 18.3 Å². The third-order valence-corrected chi connectivity index (χ3v) is 4.00. The number of nitrogens with one attached hydrogen (secondary N) is 1. The fourth-order valence-electron chi connectivity index (χ4n) is 1.61. The molecule has 0 aromatic carbocycles. The highest BCUT2D eigenvalue weighted by Gasteiger charge is 2.19. The molecule has 0 unspecified atom stereocenters. The molecule has 0 amide bonds. The van der Waals surface area contributed by atoms with E-state index in [9.17, 15) is 8.42 Å². The summed E-state index contributed by atoms with van der Waals surface area (Å²) in [5, 5.41) is 0. The van der Waals surface area contributed by atoms with Crippen LogP contribution in [0.1, 0.15) is 32.4 Å². The first-order chi connectivity index (χ1) is 8.60. The molecule has 0 fully saturated rings. The van der Waals surface area contributed by atoms with Crippen LogP contribution in [0, 0.1) is 0 Å². The monoisotopic (exact) mass is 271 g/mol. The molecule has 6 heteroatoms. The molecule has 0 aliphatic rings. The van der Waals surface area contributed by atoms with E-state index >= 15 is 0 Å². The lowest BCUT2D eigenvalue weighted by molar-refractivity contribution is 0.401. The van der Waals surface area contributed by atoms with Gasteiger partial charge in [0.1, 0.15) is 0 Å². The molecule has 0 saturated carbocycles. The first-order valence-electron chi connectivity index (χ1n) is 6.24. The Morgan fingerprint density at radius 1 is 1.22 bits per heavy atom. The van der Waals surface area contributed by atoms with Crippen molar-refractivity contribution >= 4 is 10.2 Å². The molecule has 0 aliphatic heterocycles. The Labute approximate surface area is 109 Å². The molecule has 102 valence electrons. The van der Waals surface area contributed by atoms with Crippen molar-refractivity contribution in [1.29, 1.82) is 0 Å². The van der Waals surface area contributed by atoms with Gasteiger partial charge in [0.2, 0.25) is 0 Å². The van der Waals surface area contributed by atoms with Crippen LogP contribution in [0.15, 0.2) is 24.4 Å². The van der Waals surface area contributed by atoms with Crippen LogP contribution in [0.3, 0.4) is 0 Å². The zero-order valence-electron chi connectivity index (χ0n) is 11.0. The molecule has 5 nitrogen and oxygen atoms in total. The lowest BCUT2D eigenvalue weighted by Crippen LogP contribution is -2.41. The summed E-state index contributed by atoms with van der Waals surface area (Å²) in [7, 11) is -3.40. The Balaban J connectivity index is 2.62. The fraction of sp³-hybridized carbons (Fsp3) is 0.583. The lowest BCUT2D eigenvalue weighted by atomic mass is 10.4. The van der Waals surface area contributed by atoms with Crippen molar-refractivity contribution in [3.8, 4) is 0 Å². The van der Waals surface area contributed by atoms with E-state index in [1.165, 1.54) is 4.31 Å².